The average molecular weight is 252 g/mol. The van der Waals surface area contributed by atoms with Crippen molar-refractivity contribution < 1.29 is 14.6 Å². The molecule has 0 saturated carbocycles. The molecule has 0 fully saturated rings. The molecule has 0 aliphatic heterocycles. The minimum absolute atomic E-state index is 0.0212. The topological polar surface area (TPSA) is 71.5 Å². The van der Waals surface area contributed by atoms with Gasteiger partial charge in [0.1, 0.15) is 0 Å². The van der Waals surface area contributed by atoms with E-state index in [4.69, 9.17) is 9.84 Å². The predicted molar refractivity (Wildman–Crippen MR) is 69.9 cm³/mol. The van der Waals surface area contributed by atoms with E-state index in [2.05, 4.69) is 10.3 Å². The lowest BCUT2D eigenvalue weighted by molar-refractivity contribution is -0.146. The zero-order chi connectivity index (χ0) is 13.8. The Morgan fingerprint density at radius 1 is 1.56 bits per heavy atom. The van der Waals surface area contributed by atoms with Crippen molar-refractivity contribution in [2.75, 3.05) is 11.9 Å². The summed E-state index contributed by atoms with van der Waals surface area (Å²) in [5, 5.41) is 12.1. The summed E-state index contributed by atoms with van der Waals surface area (Å²) >= 11 is 0. The zero-order valence-electron chi connectivity index (χ0n) is 11.2. The van der Waals surface area contributed by atoms with Crippen LogP contribution in [0.5, 0.6) is 5.88 Å². The van der Waals surface area contributed by atoms with Gasteiger partial charge in [-0.2, -0.15) is 0 Å². The van der Waals surface area contributed by atoms with E-state index in [9.17, 15) is 4.79 Å². The van der Waals surface area contributed by atoms with Crippen molar-refractivity contribution in [3.63, 3.8) is 0 Å². The van der Waals surface area contributed by atoms with Gasteiger partial charge in [-0.05, 0) is 39.8 Å². The Morgan fingerprint density at radius 3 is 2.78 bits per heavy atom. The molecule has 1 rings (SSSR count). The molecule has 0 unspecified atom stereocenters. The van der Waals surface area contributed by atoms with Crippen LogP contribution >= 0.6 is 0 Å². The number of hydrogen-bond acceptors (Lipinski definition) is 4. The van der Waals surface area contributed by atoms with Crippen molar-refractivity contribution >= 4 is 11.7 Å². The number of aromatic nitrogens is 1. The Labute approximate surface area is 107 Å². The van der Waals surface area contributed by atoms with Crippen molar-refractivity contribution in [3.05, 3.63) is 18.3 Å². The highest BCUT2D eigenvalue weighted by Gasteiger charge is 2.27. The number of hydrogen-bond donors (Lipinski definition) is 2. The Hall–Kier alpha value is -1.78. The molecule has 1 heterocycles. The number of ether oxygens (including phenoxy) is 1. The van der Waals surface area contributed by atoms with E-state index < -0.39 is 11.4 Å². The first-order valence-corrected chi connectivity index (χ1v) is 5.92. The Bertz CT molecular complexity index is 416. The minimum Gasteiger partial charge on any atom is -0.481 e. The van der Waals surface area contributed by atoms with Gasteiger partial charge in [0.15, 0.2) is 0 Å². The van der Waals surface area contributed by atoms with E-state index in [1.54, 1.807) is 26.1 Å². The van der Waals surface area contributed by atoms with Crippen LogP contribution in [0.15, 0.2) is 18.3 Å². The lowest BCUT2D eigenvalue weighted by Gasteiger charge is -2.21. The van der Waals surface area contributed by atoms with Gasteiger partial charge in [-0.15, -0.1) is 0 Å². The van der Waals surface area contributed by atoms with Crippen LogP contribution < -0.4 is 10.1 Å². The van der Waals surface area contributed by atoms with Gasteiger partial charge < -0.3 is 15.2 Å². The maximum atomic E-state index is 11.0. The fourth-order valence-corrected chi connectivity index (χ4v) is 1.23. The minimum atomic E-state index is -0.842. The molecule has 1 aromatic rings. The summed E-state index contributed by atoms with van der Waals surface area (Å²) < 4.78 is 5.55. The number of nitrogens with one attached hydrogen (secondary N) is 1. The van der Waals surface area contributed by atoms with Gasteiger partial charge in [0.25, 0.3) is 0 Å². The molecule has 1 aromatic heterocycles. The third-order valence-corrected chi connectivity index (χ3v) is 2.42. The van der Waals surface area contributed by atoms with E-state index in [-0.39, 0.29) is 6.10 Å². The SMILES string of the molecule is CC(C)Oc1ncccc1NCC(C)(C)C(=O)O. The smallest absolute Gasteiger partial charge is 0.310 e. The lowest BCUT2D eigenvalue weighted by atomic mass is 9.94. The molecule has 0 aliphatic rings. The van der Waals surface area contributed by atoms with Gasteiger partial charge in [0, 0.05) is 12.7 Å². The quantitative estimate of drug-likeness (QED) is 0.813. The highest BCUT2D eigenvalue weighted by Crippen LogP contribution is 2.24. The van der Waals surface area contributed by atoms with Gasteiger partial charge in [0.05, 0.1) is 17.2 Å². The van der Waals surface area contributed by atoms with Crippen LogP contribution in [0, 0.1) is 5.41 Å². The van der Waals surface area contributed by atoms with Crippen LogP contribution in [-0.4, -0.2) is 28.7 Å². The first-order chi connectivity index (χ1) is 8.33. The van der Waals surface area contributed by atoms with Crippen molar-refractivity contribution in [2.24, 2.45) is 5.41 Å². The van der Waals surface area contributed by atoms with Crippen LogP contribution in [0.2, 0.25) is 0 Å². The molecule has 0 aliphatic carbocycles. The van der Waals surface area contributed by atoms with Crippen molar-refractivity contribution in [3.8, 4) is 5.88 Å². The molecule has 0 saturated heterocycles. The number of rotatable bonds is 6. The van der Waals surface area contributed by atoms with Crippen LogP contribution in [0.25, 0.3) is 0 Å². The second-order valence-electron chi connectivity index (χ2n) is 5.07. The lowest BCUT2D eigenvalue weighted by Crippen LogP contribution is -2.32. The summed E-state index contributed by atoms with van der Waals surface area (Å²) in [4.78, 5) is 15.2. The molecule has 5 heteroatoms. The van der Waals surface area contributed by atoms with Crippen LogP contribution in [0.1, 0.15) is 27.7 Å². The fraction of sp³-hybridized carbons (Fsp3) is 0.538. The number of carboxylic acid groups (broad SMARTS) is 1. The molecule has 2 N–H and O–H groups in total. The Balaban J connectivity index is 2.76. The maximum absolute atomic E-state index is 11.0. The van der Waals surface area contributed by atoms with Crippen molar-refractivity contribution in [1.82, 2.24) is 4.98 Å². The Morgan fingerprint density at radius 2 is 2.22 bits per heavy atom. The van der Waals surface area contributed by atoms with Gasteiger partial charge in [0.2, 0.25) is 5.88 Å². The summed E-state index contributed by atoms with van der Waals surface area (Å²) in [5.74, 6) is -0.348. The average Bonchev–Trinajstić information content (AvgIpc) is 2.27. The van der Waals surface area contributed by atoms with E-state index >= 15 is 0 Å². The number of nitrogens with zero attached hydrogens (tertiary/aromatic N) is 1. The predicted octanol–water partition coefficient (Wildman–Crippen LogP) is 2.39. The molecular formula is C13H20N2O3. The summed E-state index contributed by atoms with van der Waals surface area (Å²) in [6, 6.07) is 3.60. The van der Waals surface area contributed by atoms with Gasteiger partial charge >= 0.3 is 5.97 Å². The van der Waals surface area contributed by atoms with Crippen LogP contribution in [0.4, 0.5) is 5.69 Å². The third-order valence-electron chi connectivity index (χ3n) is 2.42. The van der Waals surface area contributed by atoms with Crippen molar-refractivity contribution in [2.45, 2.75) is 33.8 Å². The second-order valence-corrected chi connectivity index (χ2v) is 5.07. The monoisotopic (exact) mass is 252 g/mol. The third kappa shape index (κ3) is 3.91. The first kappa shape index (κ1) is 14.3. The summed E-state index contributed by atoms with van der Waals surface area (Å²) in [5.41, 5.74) is -0.133. The maximum Gasteiger partial charge on any atom is 0.310 e. The molecule has 100 valence electrons. The summed E-state index contributed by atoms with van der Waals surface area (Å²) in [6.45, 7) is 7.48. The number of pyridine rings is 1. The van der Waals surface area contributed by atoms with Crippen LogP contribution in [-0.2, 0) is 4.79 Å². The highest BCUT2D eigenvalue weighted by molar-refractivity contribution is 5.74. The number of carbonyl (C=O) groups is 1. The number of anilines is 1. The van der Waals surface area contributed by atoms with Crippen molar-refractivity contribution in [1.29, 1.82) is 0 Å². The van der Waals surface area contributed by atoms with E-state index in [1.165, 1.54) is 0 Å². The molecule has 0 atom stereocenters. The standard InChI is InChI=1S/C13H20N2O3/c1-9(2)18-11-10(6-5-7-14-11)15-8-13(3,4)12(16)17/h5-7,9,15H,8H2,1-4H3,(H,16,17). The molecule has 18 heavy (non-hydrogen) atoms. The normalized spacial score (nSPS) is 11.4. The molecule has 0 bridgehead atoms. The van der Waals surface area contributed by atoms with E-state index in [1.807, 2.05) is 19.9 Å². The number of carboxylic acids is 1. The molecule has 0 aromatic carbocycles. The molecule has 0 amide bonds. The molecule has 0 spiro atoms. The summed E-state index contributed by atoms with van der Waals surface area (Å²) in [6.07, 6.45) is 1.67. The second kappa shape index (κ2) is 5.71. The van der Waals surface area contributed by atoms with Gasteiger partial charge in [-0.25, -0.2) is 4.98 Å². The highest BCUT2D eigenvalue weighted by atomic mass is 16.5. The van der Waals surface area contributed by atoms with Crippen LogP contribution in [0.3, 0.4) is 0 Å². The largest absolute Gasteiger partial charge is 0.481 e. The fourth-order valence-electron chi connectivity index (χ4n) is 1.23. The van der Waals surface area contributed by atoms with E-state index in [0.29, 0.717) is 18.1 Å². The molecule has 0 radical (unpaired) electrons. The molecular weight excluding hydrogens is 232 g/mol. The van der Waals surface area contributed by atoms with E-state index in [0.717, 1.165) is 0 Å². The summed E-state index contributed by atoms with van der Waals surface area (Å²) in [7, 11) is 0. The first-order valence-electron chi connectivity index (χ1n) is 5.92. The Kier molecular flexibility index (Phi) is 4.53. The molecule has 5 nitrogen and oxygen atoms in total. The van der Waals surface area contributed by atoms with Gasteiger partial charge in [-0.1, -0.05) is 0 Å². The zero-order valence-corrected chi connectivity index (χ0v) is 11.2. The van der Waals surface area contributed by atoms with Gasteiger partial charge in [-0.3, -0.25) is 4.79 Å². The number of aliphatic carboxylic acids is 1.